The van der Waals surface area contributed by atoms with Gasteiger partial charge in [0.25, 0.3) is 5.91 Å². The summed E-state index contributed by atoms with van der Waals surface area (Å²) < 4.78 is 159. The number of allylic oxidation sites excluding steroid dienone is 2. The van der Waals surface area contributed by atoms with Gasteiger partial charge >= 0.3 is 18.5 Å². The summed E-state index contributed by atoms with van der Waals surface area (Å²) in [6.45, 7) is 5.92. The molecule has 2 unspecified atom stereocenters. The first-order valence-corrected chi connectivity index (χ1v) is 14.3. The smallest absolute Gasteiger partial charge is 0.349 e. The second-order valence-electron chi connectivity index (χ2n) is 9.48. The van der Waals surface area contributed by atoms with Crippen LogP contribution in [-0.4, -0.2) is 44.2 Å². The molecule has 238 valence electrons. The zero-order valence-electron chi connectivity index (χ0n) is 21.9. The Labute approximate surface area is 249 Å². The normalized spacial score (nSPS) is 14.8. The van der Waals surface area contributed by atoms with Crippen molar-refractivity contribution >= 4 is 50.3 Å². The van der Waals surface area contributed by atoms with Crippen molar-refractivity contribution in [1.82, 2.24) is 5.32 Å². The summed E-state index contributed by atoms with van der Waals surface area (Å²) in [4.78, 5) is 12.5. The summed E-state index contributed by atoms with van der Waals surface area (Å²) in [5, 5.41) is 1.37. The second kappa shape index (κ2) is 13.1. The van der Waals surface area contributed by atoms with E-state index in [9.17, 15) is 52.7 Å². The van der Waals surface area contributed by atoms with E-state index in [1.807, 2.05) is 5.32 Å². The van der Waals surface area contributed by atoms with E-state index in [1.165, 1.54) is 6.92 Å². The molecule has 2 aromatic carbocycles. The lowest BCUT2D eigenvalue weighted by atomic mass is 9.93. The van der Waals surface area contributed by atoms with Crippen LogP contribution in [0, 0.1) is 0 Å². The Bertz CT molecular complexity index is 1530. The van der Waals surface area contributed by atoms with Gasteiger partial charge in [0, 0.05) is 11.6 Å². The number of benzene rings is 2. The molecule has 0 aromatic heterocycles. The van der Waals surface area contributed by atoms with E-state index in [2.05, 4.69) is 6.58 Å². The van der Waals surface area contributed by atoms with Crippen LogP contribution in [-0.2, 0) is 16.0 Å². The van der Waals surface area contributed by atoms with Crippen LogP contribution >= 0.6 is 23.2 Å². The van der Waals surface area contributed by atoms with E-state index < -0.39 is 85.8 Å². The van der Waals surface area contributed by atoms with Gasteiger partial charge in [-0.25, -0.2) is 12.8 Å². The van der Waals surface area contributed by atoms with Crippen LogP contribution in [0.2, 0.25) is 10.0 Å². The fourth-order valence-electron chi connectivity index (χ4n) is 3.88. The number of carbonyl (C=O) groups is 1. The van der Waals surface area contributed by atoms with Crippen molar-refractivity contribution in [3.63, 3.8) is 0 Å². The first kappa shape index (κ1) is 36.4. The monoisotopic (exact) mass is 687 g/mol. The van der Waals surface area contributed by atoms with Gasteiger partial charge in [-0.05, 0) is 60.9 Å². The van der Waals surface area contributed by atoms with E-state index in [0.717, 1.165) is 19.1 Å². The lowest BCUT2D eigenvalue weighted by Crippen LogP contribution is -2.40. The topological polar surface area (TPSA) is 63.2 Å². The molecule has 2 rings (SSSR count). The third kappa shape index (κ3) is 10.1. The average molecular weight is 688 g/mol. The van der Waals surface area contributed by atoms with Gasteiger partial charge in [0.05, 0.1) is 26.9 Å². The Morgan fingerprint density at radius 1 is 1.00 bits per heavy atom. The minimum absolute atomic E-state index is 0.00455. The van der Waals surface area contributed by atoms with Gasteiger partial charge in [-0.15, -0.1) is 0 Å². The molecule has 2 atom stereocenters. The first-order chi connectivity index (χ1) is 19.3. The maximum Gasteiger partial charge on any atom is 0.417 e. The molecule has 0 saturated heterocycles. The molecule has 1 N–H and O–H groups in total. The molecular formula is C26H21Cl2F10NO3S. The minimum Gasteiger partial charge on any atom is -0.349 e. The zero-order chi connectivity index (χ0) is 33.3. The summed E-state index contributed by atoms with van der Waals surface area (Å²) in [6, 6.07) is 1.24. The summed E-state index contributed by atoms with van der Waals surface area (Å²) in [5.41, 5.74) is -4.36. The molecule has 0 spiro atoms. The number of sulfone groups is 1. The number of hydrogen-bond donors (Lipinski definition) is 1. The Balaban J connectivity index is 2.51. The fraction of sp³-hybridized carbons (Fsp3) is 0.346. The molecule has 0 aliphatic heterocycles. The fourth-order valence-corrected chi connectivity index (χ4v) is 5.84. The van der Waals surface area contributed by atoms with Crippen molar-refractivity contribution in [3.8, 4) is 0 Å². The van der Waals surface area contributed by atoms with Gasteiger partial charge in [0.1, 0.15) is 17.5 Å². The minimum atomic E-state index is -5.36. The lowest BCUT2D eigenvalue weighted by molar-refractivity contribution is -0.140. The van der Waals surface area contributed by atoms with Crippen molar-refractivity contribution in [2.75, 3.05) is 11.5 Å². The van der Waals surface area contributed by atoms with E-state index in [0.29, 0.717) is 12.1 Å². The molecule has 43 heavy (non-hydrogen) atoms. The number of nitrogens with one attached hydrogen (secondary N) is 1. The van der Waals surface area contributed by atoms with Crippen LogP contribution in [0.25, 0.3) is 11.4 Å². The largest absolute Gasteiger partial charge is 0.417 e. The highest BCUT2D eigenvalue weighted by atomic mass is 35.5. The standard InChI is InChI=1S/C26H21Cl2F10NO3S/c1-12(2)17-6-15(8-20(27)22(17)28)18(25(33,34)35)9-21(29)14-4-5-16(19(7-14)26(36,37)38)23(40)39-13(3)10-43(41,42)11-24(30,31)32/h4-9,13,18H,1,10-11H2,2-3H3,(H,39,40)/b21-9-. The highest BCUT2D eigenvalue weighted by Gasteiger charge is 2.41. The molecule has 0 bridgehead atoms. The lowest BCUT2D eigenvalue weighted by Gasteiger charge is -2.20. The zero-order valence-corrected chi connectivity index (χ0v) is 24.2. The molecule has 0 fully saturated rings. The SMILES string of the molecule is C=C(C)c1cc(C(/C=C(\F)c2ccc(C(=O)NC(C)CS(=O)(=O)CC(F)(F)F)c(C(F)(F)F)c2)C(F)(F)F)cc(Cl)c1Cl. The maximum atomic E-state index is 15.1. The van der Waals surface area contributed by atoms with Crippen molar-refractivity contribution in [1.29, 1.82) is 0 Å². The van der Waals surface area contributed by atoms with Gasteiger partial charge in [0.15, 0.2) is 9.84 Å². The van der Waals surface area contributed by atoms with Crippen LogP contribution < -0.4 is 5.32 Å². The summed E-state index contributed by atoms with van der Waals surface area (Å²) >= 11 is 11.9. The maximum absolute atomic E-state index is 15.1. The molecular weight excluding hydrogens is 667 g/mol. The van der Waals surface area contributed by atoms with E-state index in [1.54, 1.807) is 0 Å². The van der Waals surface area contributed by atoms with Crippen LogP contribution in [0.1, 0.15) is 52.4 Å². The number of halogens is 12. The van der Waals surface area contributed by atoms with E-state index >= 15 is 4.39 Å². The summed E-state index contributed by atoms with van der Waals surface area (Å²) in [6.07, 6.45) is -15.6. The van der Waals surface area contributed by atoms with E-state index in [-0.39, 0.29) is 33.3 Å². The first-order valence-electron chi connectivity index (χ1n) is 11.7. The van der Waals surface area contributed by atoms with Crippen LogP contribution in [0.15, 0.2) is 43.0 Å². The van der Waals surface area contributed by atoms with Crippen molar-refractivity contribution in [2.45, 2.75) is 44.3 Å². The van der Waals surface area contributed by atoms with Gasteiger partial charge in [-0.3, -0.25) is 4.79 Å². The van der Waals surface area contributed by atoms with Crippen LogP contribution in [0.4, 0.5) is 43.9 Å². The summed E-state index contributed by atoms with van der Waals surface area (Å²) in [5.74, 6) is -9.54. The van der Waals surface area contributed by atoms with Crippen LogP contribution in [0.5, 0.6) is 0 Å². The molecule has 0 heterocycles. The molecule has 0 aliphatic rings. The van der Waals surface area contributed by atoms with Gasteiger partial charge in [-0.2, -0.15) is 39.5 Å². The molecule has 4 nitrogen and oxygen atoms in total. The second-order valence-corrected chi connectivity index (χ2v) is 12.4. The quantitative estimate of drug-likeness (QED) is 0.268. The Hall–Kier alpha value is -2.78. The summed E-state index contributed by atoms with van der Waals surface area (Å²) in [7, 11) is -4.81. The van der Waals surface area contributed by atoms with Crippen LogP contribution in [0.3, 0.4) is 0 Å². The van der Waals surface area contributed by atoms with Gasteiger partial charge in [0.2, 0.25) is 0 Å². The van der Waals surface area contributed by atoms with Crippen molar-refractivity contribution in [2.24, 2.45) is 0 Å². The number of hydrogen-bond acceptors (Lipinski definition) is 3. The number of alkyl halides is 9. The molecule has 0 aliphatic carbocycles. The molecule has 0 radical (unpaired) electrons. The van der Waals surface area contributed by atoms with Gasteiger partial charge < -0.3 is 5.32 Å². The molecule has 2 aromatic rings. The van der Waals surface area contributed by atoms with Gasteiger partial charge in [-0.1, -0.05) is 35.8 Å². The highest BCUT2D eigenvalue weighted by Crippen LogP contribution is 2.43. The third-order valence-electron chi connectivity index (χ3n) is 5.65. The van der Waals surface area contributed by atoms with Crippen molar-refractivity contribution in [3.05, 3.63) is 80.8 Å². The molecule has 1 amide bonds. The predicted octanol–water partition coefficient (Wildman–Crippen LogP) is 8.80. The average Bonchev–Trinajstić information content (AvgIpc) is 2.80. The molecule has 0 saturated carbocycles. The van der Waals surface area contributed by atoms with E-state index in [4.69, 9.17) is 23.2 Å². The Morgan fingerprint density at radius 3 is 2.07 bits per heavy atom. The van der Waals surface area contributed by atoms with Crippen molar-refractivity contribution < 1.29 is 57.1 Å². The number of carbonyl (C=O) groups excluding carboxylic acids is 1. The third-order valence-corrected chi connectivity index (χ3v) is 8.22. The number of amides is 1. The Kier molecular flexibility index (Phi) is 11.1. The highest BCUT2D eigenvalue weighted by molar-refractivity contribution is 7.91. The number of rotatable bonds is 9. The molecule has 17 heteroatoms. The Morgan fingerprint density at radius 2 is 1.58 bits per heavy atom. The predicted molar refractivity (Wildman–Crippen MR) is 142 cm³/mol.